The molecule has 0 aromatic heterocycles. The monoisotopic (exact) mass is 163 g/mol. The molecule has 0 aromatic carbocycles. The summed E-state index contributed by atoms with van der Waals surface area (Å²) in [6, 6.07) is 5.76. The zero-order valence-electron chi connectivity index (χ0n) is 7.38. The fourth-order valence-corrected chi connectivity index (χ4v) is 0.368. The fraction of sp³-hybridized carbons (Fsp3) is 0.667. The zero-order valence-corrected chi connectivity index (χ0v) is 7.38. The highest BCUT2D eigenvalue weighted by Crippen LogP contribution is 1.88. The first-order valence-electron chi connectivity index (χ1n) is 3.94. The molecule has 0 N–H and O–H groups in total. The first-order valence-corrected chi connectivity index (χ1v) is 3.94. The predicted octanol–water partition coefficient (Wildman–Crippen LogP) is 2.51. The highest BCUT2D eigenvalue weighted by Gasteiger charge is 1.74. The van der Waals surface area contributed by atoms with Crippen LogP contribution < -0.4 is 0 Å². The minimum absolute atomic E-state index is 0.358. The van der Waals surface area contributed by atoms with Gasteiger partial charge in [0.1, 0.15) is 0 Å². The average Bonchev–Trinajstić information content (AvgIpc) is 2.12. The van der Waals surface area contributed by atoms with E-state index in [-0.39, 0.29) is 0 Å². The van der Waals surface area contributed by atoms with Crippen LogP contribution in [0.2, 0.25) is 0 Å². The number of rotatable bonds is 3. The Morgan fingerprint density at radius 1 is 0.833 bits per heavy atom. The molecule has 0 fully saturated rings. The Bertz CT molecular complexity index is 175. The largest absolute Gasteiger partial charge is 0.198 e. The van der Waals surface area contributed by atoms with Gasteiger partial charge in [-0.15, -0.1) is 0 Å². The second-order valence-corrected chi connectivity index (χ2v) is 2.08. The molecule has 3 heteroatoms. The third-order valence-corrected chi connectivity index (χ3v) is 0.991. The maximum Gasteiger partial charge on any atom is 0.0632 e. The molecule has 0 spiro atoms. The van der Waals surface area contributed by atoms with Crippen LogP contribution in [0.15, 0.2) is 0 Å². The van der Waals surface area contributed by atoms with E-state index in [1.165, 1.54) is 0 Å². The molecule has 0 aliphatic carbocycles. The van der Waals surface area contributed by atoms with Crippen LogP contribution in [0.3, 0.4) is 0 Å². The Hall–Kier alpha value is -1.53. The van der Waals surface area contributed by atoms with Crippen LogP contribution >= 0.6 is 0 Å². The Morgan fingerprint density at radius 3 is 1.42 bits per heavy atom. The number of nitriles is 3. The van der Waals surface area contributed by atoms with Crippen molar-refractivity contribution in [3.63, 3.8) is 0 Å². The summed E-state index contributed by atoms with van der Waals surface area (Å²) < 4.78 is 0. The van der Waals surface area contributed by atoms with E-state index in [2.05, 4.69) is 13.0 Å². The predicted molar refractivity (Wildman–Crippen MR) is 45.6 cm³/mol. The first kappa shape index (κ1) is 13.1. The first-order chi connectivity index (χ1) is 5.83. The van der Waals surface area contributed by atoms with Crippen LogP contribution in [0.1, 0.15) is 39.0 Å². The van der Waals surface area contributed by atoms with Crippen molar-refractivity contribution >= 4 is 0 Å². The van der Waals surface area contributed by atoms with Crippen molar-refractivity contribution in [2.24, 2.45) is 0 Å². The Morgan fingerprint density at radius 2 is 1.25 bits per heavy atom. The summed E-state index contributed by atoms with van der Waals surface area (Å²) in [4.78, 5) is 0. The lowest BCUT2D eigenvalue weighted by Crippen LogP contribution is -1.62. The average molecular weight is 163 g/mol. The lowest BCUT2D eigenvalue weighted by Gasteiger charge is -1.77. The van der Waals surface area contributed by atoms with Gasteiger partial charge in [0.2, 0.25) is 0 Å². The maximum absolute atomic E-state index is 7.95. The Balaban J connectivity index is 0. The van der Waals surface area contributed by atoms with Crippen LogP contribution in [0.5, 0.6) is 0 Å². The van der Waals surface area contributed by atoms with Crippen LogP contribution in [0.4, 0.5) is 0 Å². The minimum Gasteiger partial charge on any atom is -0.198 e. The number of hydrogen-bond acceptors (Lipinski definition) is 3. The molecule has 12 heavy (non-hydrogen) atoms. The lowest BCUT2D eigenvalue weighted by molar-refractivity contribution is 0.822. The number of hydrogen-bond donors (Lipinski definition) is 0. The number of unbranched alkanes of at least 4 members (excludes halogenated alkanes) is 3. The van der Waals surface area contributed by atoms with Crippen molar-refractivity contribution in [1.29, 1.82) is 15.8 Å². The van der Waals surface area contributed by atoms with E-state index in [1.807, 2.05) is 12.1 Å². The summed E-state index contributed by atoms with van der Waals surface area (Å²) >= 11 is 0. The summed E-state index contributed by atoms with van der Waals surface area (Å²) in [5, 5.41) is 23.5. The van der Waals surface area contributed by atoms with E-state index in [0.29, 0.717) is 12.8 Å². The fourth-order valence-electron chi connectivity index (χ4n) is 0.368. The van der Waals surface area contributed by atoms with Gasteiger partial charge in [0.15, 0.2) is 0 Å². The molecule has 0 rings (SSSR count). The summed E-state index contributed by atoms with van der Waals surface area (Å²) in [6.07, 6.45) is 3.62. The molecule has 0 atom stereocenters. The van der Waals surface area contributed by atoms with E-state index in [9.17, 15) is 0 Å². The van der Waals surface area contributed by atoms with Crippen molar-refractivity contribution in [1.82, 2.24) is 0 Å². The van der Waals surface area contributed by atoms with E-state index in [4.69, 9.17) is 15.8 Å². The molecular weight excluding hydrogens is 150 g/mol. The van der Waals surface area contributed by atoms with E-state index < -0.39 is 0 Å². The molecule has 64 valence electrons. The topological polar surface area (TPSA) is 71.4 Å². The van der Waals surface area contributed by atoms with Gasteiger partial charge in [0, 0.05) is 19.3 Å². The molecule has 0 saturated carbocycles. The van der Waals surface area contributed by atoms with Gasteiger partial charge in [-0.1, -0.05) is 13.3 Å². The second-order valence-electron chi connectivity index (χ2n) is 2.08. The molecule has 0 aliphatic heterocycles. The van der Waals surface area contributed by atoms with Crippen molar-refractivity contribution < 1.29 is 0 Å². The molecule has 3 nitrogen and oxygen atoms in total. The summed E-state index contributed by atoms with van der Waals surface area (Å²) in [5.74, 6) is 0. The highest BCUT2D eigenvalue weighted by atomic mass is 14.2. The van der Waals surface area contributed by atoms with Crippen molar-refractivity contribution in [3.8, 4) is 18.2 Å². The summed E-state index contributed by atoms with van der Waals surface area (Å²) in [6.45, 7) is 2.08. The molecule has 0 heterocycles. The molecule has 0 bridgehead atoms. The standard InChI is InChI=1S/C5H9N.C4H4N2/c1-2-3-4-5-6;5-3-1-2-4-6/h2-4H2,1H3;1-2H2. The van der Waals surface area contributed by atoms with Gasteiger partial charge < -0.3 is 0 Å². The Kier molecular flexibility index (Phi) is 17.7. The molecule has 0 radical (unpaired) electrons. The highest BCUT2D eigenvalue weighted by molar-refractivity contribution is 4.78. The normalized spacial score (nSPS) is 6.50. The lowest BCUT2D eigenvalue weighted by atomic mass is 10.3. The third kappa shape index (κ3) is 23.7. The van der Waals surface area contributed by atoms with Crippen LogP contribution in [-0.2, 0) is 0 Å². The quantitative estimate of drug-likeness (QED) is 0.600. The molecule has 0 amide bonds. The molecule has 0 saturated heterocycles. The van der Waals surface area contributed by atoms with Gasteiger partial charge in [0.25, 0.3) is 0 Å². The second kappa shape index (κ2) is 16.2. The molecule has 0 aliphatic rings. The van der Waals surface area contributed by atoms with Crippen molar-refractivity contribution in [2.75, 3.05) is 0 Å². The van der Waals surface area contributed by atoms with Gasteiger partial charge >= 0.3 is 0 Å². The van der Waals surface area contributed by atoms with Gasteiger partial charge in [-0.3, -0.25) is 0 Å². The van der Waals surface area contributed by atoms with Crippen LogP contribution in [-0.4, -0.2) is 0 Å². The SMILES string of the molecule is CCCCC#N.N#CCCC#N. The van der Waals surface area contributed by atoms with Gasteiger partial charge in [-0.05, 0) is 6.42 Å². The smallest absolute Gasteiger partial charge is 0.0632 e. The van der Waals surface area contributed by atoms with Gasteiger partial charge in [0.05, 0.1) is 18.2 Å². The van der Waals surface area contributed by atoms with E-state index >= 15 is 0 Å². The third-order valence-electron chi connectivity index (χ3n) is 0.991. The molecule has 0 aromatic rings. The zero-order chi connectivity index (χ0) is 9.66. The van der Waals surface area contributed by atoms with Gasteiger partial charge in [-0.25, -0.2) is 0 Å². The summed E-state index contributed by atoms with van der Waals surface area (Å²) in [5.41, 5.74) is 0. The number of nitrogens with zero attached hydrogens (tertiary/aromatic N) is 3. The van der Waals surface area contributed by atoms with Crippen molar-refractivity contribution in [2.45, 2.75) is 39.0 Å². The minimum atomic E-state index is 0.358. The molecular formula is C9H13N3. The Labute approximate surface area is 73.8 Å². The van der Waals surface area contributed by atoms with Crippen LogP contribution in [0.25, 0.3) is 0 Å². The van der Waals surface area contributed by atoms with Crippen LogP contribution in [0, 0.1) is 34.0 Å². The van der Waals surface area contributed by atoms with Gasteiger partial charge in [-0.2, -0.15) is 15.8 Å². The van der Waals surface area contributed by atoms with Crippen molar-refractivity contribution in [3.05, 3.63) is 0 Å². The molecule has 0 unspecified atom stereocenters. The van der Waals surface area contributed by atoms with E-state index in [1.54, 1.807) is 0 Å². The maximum atomic E-state index is 7.95. The summed E-state index contributed by atoms with van der Waals surface area (Å²) in [7, 11) is 0. The van der Waals surface area contributed by atoms with E-state index in [0.717, 1.165) is 19.3 Å².